The summed E-state index contributed by atoms with van der Waals surface area (Å²) in [5, 5.41) is 0. The van der Waals surface area contributed by atoms with Gasteiger partial charge in [-0.3, -0.25) is 9.59 Å². The molecule has 2 fully saturated rings. The molecule has 0 bridgehead atoms. The molecule has 1 aromatic carbocycles. The van der Waals surface area contributed by atoms with Gasteiger partial charge in [-0.05, 0) is 56.4 Å². The van der Waals surface area contributed by atoms with Crippen LogP contribution in [0.3, 0.4) is 0 Å². The topological polar surface area (TPSA) is 40.6 Å². The van der Waals surface area contributed by atoms with Gasteiger partial charge >= 0.3 is 0 Å². The minimum atomic E-state index is -0.174. The molecular weight excluding hydrogens is 276 g/mol. The molecule has 0 aliphatic carbocycles. The summed E-state index contributed by atoms with van der Waals surface area (Å²) in [7, 11) is 0. The summed E-state index contributed by atoms with van der Waals surface area (Å²) in [4.78, 5) is 28.6. The molecule has 3 rings (SSSR count). The molecule has 22 heavy (non-hydrogen) atoms. The van der Waals surface area contributed by atoms with Crippen molar-refractivity contribution in [2.24, 2.45) is 5.92 Å². The summed E-state index contributed by atoms with van der Waals surface area (Å²) in [5.41, 5.74) is 3.31. The minimum Gasteiger partial charge on any atom is -0.342 e. The van der Waals surface area contributed by atoms with Gasteiger partial charge in [-0.25, -0.2) is 0 Å². The Kier molecular flexibility index (Phi) is 4.19. The van der Waals surface area contributed by atoms with Crippen molar-refractivity contribution >= 4 is 17.5 Å². The Morgan fingerprint density at radius 2 is 1.82 bits per heavy atom. The lowest BCUT2D eigenvalue weighted by Crippen LogP contribution is -2.40. The summed E-state index contributed by atoms with van der Waals surface area (Å²) < 4.78 is 0. The van der Waals surface area contributed by atoms with Crippen LogP contribution in [0.1, 0.15) is 36.8 Å². The van der Waals surface area contributed by atoms with Gasteiger partial charge in [0.25, 0.3) is 0 Å². The average molecular weight is 300 g/mol. The van der Waals surface area contributed by atoms with E-state index in [4.69, 9.17) is 0 Å². The third kappa shape index (κ3) is 2.87. The van der Waals surface area contributed by atoms with Crippen molar-refractivity contribution in [1.29, 1.82) is 0 Å². The van der Waals surface area contributed by atoms with Crippen LogP contribution in [0.2, 0.25) is 0 Å². The van der Waals surface area contributed by atoms with Gasteiger partial charge in [-0.1, -0.05) is 6.07 Å². The first-order valence-corrected chi connectivity index (χ1v) is 8.22. The third-order valence-electron chi connectivity index (χ3n) is 4.94. The molecule has 2 heterocycles. The maximum Gasteiger partial charge on any atom is 0.228 e. The molecule has 2 amide bonds. The van der Waals surface area contributed by atoms with E-state index in [-0.39, 0.29) is 17.7 Å². The molecule has 1 atom stereocenters. The predicted octanol–water partition coefficient (Wildman–Crippen LogP) is 2.67. The van der Waals surface area contributed by atoms with Crippen LogP contribution in [0.5, 0.6) is 0 Å². The van der Waals surface area contributed by atoms with Crippen LogP contribution in [0.25, 0.3) is 0 Å². The fraction of sp³-hybridized carbons (Fsp3) is 0.556. The highest BCUT2D eigenvalue weighted by molar-refractivity contribution is 6.00. The third-order valence-corrected chi connectivity index (χ3v) is 4.94. The number of piperidine rings is 1. The molecular formula is C18H24N2O2. The molecule has 0 spiro atoms. The molecule has 0 radical (unpaired) electrons. The first kappa shape index (κ1) is 15.1. The molecule has 118 valence electrons. The van der Waals surface area contributed by atoms with Crippen LogP contribution >= 0.6 is 0 Å². The predicted molar refractivity (Wildman–Crippen MR) is 86.8 cm³/mol. The number of anilines is 1. The van der Waals surface area contributed by atoms with Gasteiger partial charge in [0.2, 0.25) is 11.8 Å². The lowest BCUT2D eigenvalue weighted by Gasteiger charge is -2.29. The zero-order valence-electron chi connectivity index (χ0n) is 13.5. The fourth-order valence-electron chi connectivity index (χ4n) is 3.39. The first-order valence-electron chi connectivity index (χ1n) is 8.22. The number of hydrogen-bond donors (Lipinski definition) is 0. The van der Waals surface area contributed by atoms with Crippen LogP contribution in [-0.4, -0.2) is 36.3 Å². The highest BCUT2D eigenvalue weighted by atomic mass is 16.2. The summed E-state index contributed by atoms with van der Waals surface area (Å²) in [6.07, 6.45) is 3.74. The Bertz CT molecular complexity index is 591. The van der Waals surface area contributed by atoms with E-state index in [0.717, 1.165) is 31.6 Å². The summed E-state index contributed by atoms with van der Waals surface area (Å²) >= 11 is 0. The minimum absolute atomic E-state index is 0.0682. The van der Waals surface area contributed by atoms with Crippen LogP contribution in [-0.2, 0) is 9.59 Å². The summed E-state index contributed by atoms with van der Waals surface area (Å²) in [5.74, 6) is 0.0604. The molecule has 0 unspecified atom stereocenters. The van der Waals surface area contributed by atoms with E-state index in [1.807, 2.05) is 23.1 Å². The molecule has 0 aromatic heterocycles. The number of likely N-dealkylation sites (tertiary alicyclic amines) is 1. The standard InChI is InChI=1S/C18H24N2O2/c1-13-6-7-16(10-14(13)2)20-12-15(11-17(20)21)18(22)19-8-4-3-5-9-19/h6-7,10,15H,3-5,8-9,11-12H2,1-2H3/t15-/m0/s1. The van der Waals surface area contributed by atoms with Crippen LogP contribution in [0.4, 0.5) is 5.69 Å². The smallest absolute Gasteiger partial charge is 0.228 e. The second kappa shape index (κ2) is 6.11. The van der Waals surface area contributed by atoms with Gasteiger partial charge in [-0.15, -0.1) is 0 Å². The second-order valence-corrected chi connectivity index (χ2v) is 6.56. The molecule has 0 N–H and O–H groups in total. The van der Waals surface area contributed by atoms with E-state index < -0.39 is 0 Å². The van der Waals surface area contributed by atoms with Gasteiger partial charge in [0.1, 0.15) is 0 Å². The maximum absolute atomic E-state index is 12.6. The van der Waals surface area contributed by atoms with E-state index >= 15 is 0 Å². The Morgan fingerprint density at radius 1 is 1.09 bits per heavy atom. The number of benzene rings is 1. The van der Waals surface area contributed by atoms with Crippen molar-refractivity contribution in [3.05, 3.63) is 29.3 Å². The molecule has 2 aliphatic rings. The molecule has 1 aromatic rings. The average Bonchev–Trinajstić information content (AvgIpc) is 2.92. The Morgan fingerprint density at radius 3 is 2.50 bits per heavy atom. The van der Waals surface area contributed by atoms with Crippen molar-refractivity contribution in [2.45, 2.75) is 39.5 Å². The lowest BCUT2D eigenvalue weighted by atomic mass is 10.0. The number of nitrogens with zero attached hydrogens (tertiary/aromatic N) is 2. The normalized spacial score (nSPS) is 22.3. The van der Waals surface area contributed by atoms with Crippen LogP contribution in [0.15, 0.2) is 18.2 Å². The number of carbonyl (C=O) groups excluding carboxylic acids is 2. The van der Waals surface area contributed by atoms with E-state index in [1.165, 1.54) is 17.5 Å². The van der Waals surface area contributed by atoms with E-state index in [2.05, 4.69) is 13.8 Å². The van der Waals surface area contributed by atoms with Crippen molar-refractivity contribution < 1.29 is 9.59 Å². The zero-order valence-corrected chi connectivity index (χ0v) is 13.5. The highest BCUT2D eigenvalue weighted by Gasteiger charge is 2.37. The lowest BCUT2D eigenvalue weighted by molar-refractivity contribution is -0.136. The quantitative estimate of drug-likeness (QED) is 0.842. The van der Waals surface area contributed by atoms with Crippen molar-refractivity contribution in [3.8, 4) is 0 Å². The summed E-state index contributed by atoms with van der Waals surface area (Å²) in [6, 6.07) is 6.06. The first-order chi connectivity index (χ1) is 10.6. The monoisotopic (exact) mass is 300 g/mol. The largest absolute Gasteiger partial charge is 0.342 e. The number of aryl methyl sites for hydroxylation is 2. The van der Waals surface area contributed by atoms with Crippen molar-refractivity contribution in [3.63, 3.8) is 0 Å². The molecule has 2 aliphatic heterocycles. The maximum atomic E-state index is 12.6. The van der Waals surface area contributed by atoms with Gasteiger partial charge in [0.15, 0.2) is 0 Å². The number of amides is 2. The van der Waals surface area contributed by atoms with E-state index in [0.29, 0.717) is 13.0 Å². The fourth-order valence-corrected chi connectivity index (χ4v) is 3.39. The number of rotatable bonds is 2. The molecule has 4 heteroatoms. The van der Waals surface area contributed by atoms with Crippen LogP contribution in [0, 0.1) is 19.8 Å². The van der Waals surface area contributed by atoms with Gasteiger partial charge in [0.05, 0.1) is 5.92 Å². The van der Waals surface area contributed by atoms with Gasteiger partial charge < -0.3 is 9.80 Å². The SMILES string of the molecule is Cc1ccc(N2C[C@@H](C(=O)N3CCCCC3)CC2=O)cc1C. The summed E-state index contributed by atoms with van der Waals surface area (Å²) in [6.45, 7) is 6.35. The van der Waals surface area contributed by atoms with Crippen LogP contribution < -0.4 is 4.90 Å². The van der Waals surface area contributed by atoms with E-state index in [1.54, 1.807) is 4.90 Å². The van der Waals surface area contributed by atoms with Crippen molar-refractivity contribution in [1.82, 2.24) is 4.90 Å². The Balaban J connectivity index is 1.72. The molecule has 2 saturated heterocycles. The Hall–Kier alpha value is -1.84. The second-order valence-electron chi connectivity index (χ2n) is 6.56. The van der Waals surface area contributed by atoms with Gasteiger partial charge in [-0.2, -0.15) is 0 Å². The number of carbonyl (C=O) groups is 2. The highest BCUT2D eigenvalue weighted by Crippen LogP contribution is 2.28. The van der Waals surface area contributed by atoms with Gasteiger partial charge in [0, 0.05) is 31.7 Å². The van der Waals surface area contributed by atoms with Crippen molar-refractivity contribution in [2.75, 3.05) is 24.5 Å². The van der Waals surface area contributed by atoms with E-state index in [9.17, 15) is 9.59 Å². The molecule has 4 nitrogen and oxygen atoms in total. The Labute approximate surface area is 132 Å². The zero-order chi connectivity index (χ0) is 15.7. The number of hydrogen-bond acceptors (Lipinski definition) is 2. The molecule has 0 saturated carbocycles.